The Morgan fingerprint density at radius 3 is 2.14 bits per heavy atom. The quantitative estimate of drug-likeness (QED) is 0.418. The second-order valence-corrected chi connectivity index (χ2v) is 2.96. The zero-order valence-corrected chi connectivity index (χ0v) is 4.54. The highest BCUT2D eigenvalue weighted by molar-refractivity contribution is 6.44. The predicted octanol–water partition coefficient (Wildman–Crippen LogP) is 0.00680. The lowest BCUT2D eigenvalue weighted by molar-refractivity contribution is 0.326. The van der Waals surface area contributed by atoms with Crippen LogP contribution in [0.2, 0.25) is 11.6 Å². The van der Waals surface area contributed by atoms with Crippen LogP contribution in [0.15, 0.2) is 0 Å². The predicted molar refractivity (Wildman–Crippen MR) is 32.1 cm³/mol. The monoisotopic (exact) mass is 95.1 g/mol. The average molecular weight is 95.0 g/mol. The summed E-state index contributed by atoms with van der Waals surface area (Å²) >= 11 is 0. The number of hydrogen-bond donors (Lipinski definition) is 1. The summed E-state index contributed by atoms with van der Waals surface area (Å²) in [5.41, 5.74) is 0. The van der Waals surface area contributed by atoms with Gasteiger partial charge in [-0.3, -0.25) is 0 Å². The van der Waals surface area contributed by atoms with Gasteiger partial charge in [0, 0.05) is 0 Å². The van der Waals surface area contributed by atoms with Gasteiger partial charge in [0.1, 0.15) is 7.28 Å². The summed E-state index contributed by atoms with van der Waals surface area (Å²) in [6.45, 7) is 2.62. The lowest BCUT2D eigenvalue weighted by atomic mass is 9.35. The van der Waals surface area contributed by atoms with Crippen molar-refractivity contribution < 1.29 is 0 Å². The summed E-state index contributed by atoms with van der Waals surface area (Å²) in [4.78, 5) is 0. The molecule has 2 rings (SSSR count). The zero-order valence-electron chi connectivity index (χ0n) is 4.54. The van der Waals surface area contributed by atoms with E-state index >= 15 is 0 Å². The van der Waals surface area contributed by atoms with Crippen molar-refractivity contribution in [3.8, 4) is 0 Å². The molecule has 1 spiro atoms. The molecule has 1 N–H and O–H groups in total. The molecule has 2 heterocycles. The molecule has 2 fully saturated rings. The highest BCUT2D eigenvalue weighted by Gasteiger charge is 2.42. The largest absolute Gasteiger partial charge is 0.317 e. The Morgan fingerprint density at radius 2 is 2.14 bits per heavy atom. The third-order valence-electron chi connectivity index (χ3n) is 2.41. The highest BCUT2D eigenvalue weighted by Crippen LogP contribution is 2.44. The second kappa shape index (κ2) is 1.05. The molecule has 1 nitrogen and oxygen atoms in total. The van der Waals surface area contributed by atoms with E-state index in [1.807, 2.05) is 0 Å². The molecule has 0 amide bonds. The normalized spacial score (nSPS) is 33.1. The van der Waals surface area contributed by atoms with Gasteiger partial charge in [0.15, 0.2) is 0 Å². The van der Waals surface area contributed by atoms with Crippen LogP contribution in [-0.4, -0.2) is 20.4 Å². The van der Waals surface area contributed by atoms with Crippen molar-refractivity contribution in [3.63, 3.8) is 0 Å². The van der Waals surface area contributed by atoms with Gasteiger partial charge in [-0.05, 0) is 18.4 Å². The van der Waals surface area contributed by atoms with Crippen LogP contribution < -0.4 is 5.32 Å². The first kappa shape index (κ1) is 3.96. The van der Waals surface area contributed by atoms with Crippen LogP contribution in [0.25, 0.3) is 0 Å². The maximum absolute atomic E-state index is 3.30. The van der Waals surface area contributed by atoms with Gasteiger partial charge in [0.25, 0.3) is 0 Å². The third kappa shape index (κ3) is 0.380. The lowest BCUT2D eigenvalue weighted by Gasteiger charge is -2.49. The van der Waals surface area contributed by atoms with E-state index in [0.29, 0.717) is 0 Å². The van der Waals surface area contributed by atoms with E-state index in [0.717, 1.165) is 5.31 Å². The van der Waals surface area contributed by atoms with Crippen molar-refractivity contribution in [3.05, 3.63) is 0 Å². The fourth-order valence-corrected chi connectivity index (χ4v) is 1.51. The summed E-state index contributed by atoms with van der Waals surface area (Å²) in [6.07, 6.45) is 2.99. The van der Waals surface area contributed by atoms with Crippen LogP contribution in [0.5, 0.6) is 0 Å². The third-order valence-corrected chi connectivity index (χ3v) is 2.41. The first-order valence-corrected chi connectivity index (χ1v) is 3.12. The summed E-state index contributed by atoms with van der Waals surface area (Å²) in [5.74, 6) is 0. The van der Waals surface area contributed by atoms with Crippen LogP contribution in [0, 0.1) is 0 Å². The van der Waals surface area contributed by atoms with Crippen molar-refractivity contribution in [2.24, 2.45) is 0 Å². The van der Waals surface area contributed by atoms with E-state index in [4.69, 9.17) is 0 Å². The molecule has 0 atom stereocenters. The highest BCUT2D eigenvalue weighted by atomic mass is 15.0. The molecule has 2 aliphatic heterocycles. The summed E-state index contributed by atoms with van der Waals surface area (Å²) in [5, 5.41) is 4.14. The Bertz CT molecular complexity index is 68.6. The molecule has 0 aliphatic carbocycles. The summed E-state index contributed by atoms with van der Waals surface area (Å²) in [7, 11) is 1.50. The molecule has 0 aromatic heterocycles. The average Bonchev–Trinajstić information content (AvgIpc) is 1.20. The van der Waals surface area contributed by atoms with Gasteiger partial charge < -0.3 is 5.32 Å². The zero-order chi connectivity index (χ0) is 4.74. The first-order chi connectivity index (χ1) is 3.41. The molecule has 0 unspecified atom stereocenters. The molecule has 0 radical (unpaired) electrons. The van der Waals surface area contributed by atoms with Crippen LogP contribution >= 0.6 is 0 Å². The van der Waals surface area contributed by atoms with Gasteiger partial charge in [-0.15, -0.1) is 0 Å². The second-order valence-electron chi connectivity index (χ2n) is 2.96. The smallest absolute Gasteiger partial charge is 0.131 e. The summed E-state index contributed by atoms with van der Waals surface area (Å²) in [6, 6.07) is 0. The molecule has 38 valence electrons. The molecule has 0 aromatic carbocycles. The minimum Gasteiger partial charge on any atom is -0.317 e. The van der Waals surface area contributed by atoms with Gasteiger partial charge in [-0.1, -0.05) is 12.7 Å². The molecule has 0 saturated carbocycles. The maximum atomic E-state index is 3.30. The molecule has 2 aliphatic rings. The number of nitrogens with one attached hydrogen (secondary N) is 1. The van der Waals surface area contributed by atoms with E-state index < -0.39 is 0 Å². The Labute approximate surface area is 44.7 Å². The van der Waals surface area contributed by atoms with Crippen molar-refractivity contribution in [2.45, 2.75) is 18.1 Å². The van der Waals surface area contributed by atoms with Gasteiger partial charge in [-0.25, -0.2) is 0 Å². The molecule has 7 heavy (non-hydrogen) atoms. The number of rotatable bonds is 0. The van der Waals surface area contributed by atoms with E-state index in [9.17, 15) is 0 Å². The van der Waals surface area contributed by atoms with Crippen molar-refractivity contribution in [2.75, 3.05) is 13.1 Å². The van der Waals surface area contributed by atoms with Crippen LogP contribution in [0.3, 0.4) is 0 Å². The Balaban J connectivity index is 2.00. The molecule has 2 heteroatoms. The Hall–Kier alpha value is 0.0249. The van der Waals surface area contributed by atoms with Crippen LogP contribution in [0.1, 0.15) is 6.42 Å². The molecular weight excluding hydrogens is 84.9 g/mol. The maximum Gasteiger partial charge on any atom is 0.131 e. The van der Waals surface area contributed by atoms with Gasteiger partial charge >= 0.3 is 0 Å². The molecule has 2 saturated heterocycles. The Morgan fingerprint density at radius 1 is 1.43 bits per heavy atom. The first-order valence-electron chi connectivity index (χ1n) is 3.12. The Kier molecular flexibility index (Phi) is 0.595. The fourth-order valence-electron chi connectivity index (χ4n) is 1.51. The van der Waals surface area contributed by atoms with E-state index in [1.54, 1.807) is 0 Å². The van der Waals surface area contributed by atoms with Crippen molar-refractivity contribution in [1.29, 1.82) is 0 Å². The van der Waals surface area contributed by atoms with Gasteiger partial charge in [0.2, 0.25) is 0 Å². The molecule has 0 bridgehead atoms. The van der Waals surface area contributed by atoms with Crippen molar-refractivity contribution >= 4 is 7.28 Å². The van der Waals surface area contributed by atoms with E-state index in [1.165, 1.54) is 33.1 Å². The van der Waals surface area contributed by atoms with Crippen LogP contribution in [-0.2, 0) is 0 Å². The molecule has 0 aromatic rings. The topological polar surface area (TPSA) is 12.0 Å². The molecular formula is C5H10BN. The lowest BCUT2D eigenvalue weighted by Crippen LogP contribution is -2.55. The van der Waals surface area contributed by atoms with Crippen LogP contribution in [0.4, 0.5) is 0 Å². The minimum atomic E-state index is 0.833. The fraction of sp³-hybridized carbons (Fsp3) is 1.00. The standard InChI is InChI=1S/C5H10BN/c1-2-6-5(1)3-7-4-5/h6-7H,1-4H2. The SMILES string of the molecule is B1CCC12CNC2. The van der Waals surface area contributed by atoms with Crippen molar-refractivity contribution in [1.82, 2.24) is 5.32 Å². The number of hydrogen-bond acceptors (Lipinski definition) is 1. The van der Waals surface area contributed by atoms with E-state index in [-0.39, 0.29) is 0 Å². The van der Waals surface area contributed by atoms with E-state index in [2.05, 4.69) is 5.32 Å². The summed E-state index contributed by atoms with van der Waals surface area (Å²) < 4.78 is 0. The van der Waals surface area contributed by atoms with Gasteiger partial charge in [-0.2, -0.15) is 0 Å². The minimum absolute atomic E-state index is 0.833. The van der Waals surface area contributed by atoms with Gasteiger partial charge in [0.05, 0.1) is 0 Å².